The molecule has 1 rings (SSSR count). The van der Waals surface area contributed by atoms with E-state index in [0.717, 1.165) is 0 Å². The van der Waals surface area contributed by atoms with Crippen LogP contribution in [-0.4, -0.2) is 10.9 Å². The second kappa shape index (κ2) is 4.10. The molecule has 0 bridgehead atoms. The Morgan fingerprint density at radius 1 is 1.54 bits per heavy atom. The molecule has 0 saturated carbocycles. The van der Waals surface area contributed by atoms with Crippen molar-refractivity contribution in [1.82, 2.24) is 0 Å². The number of carbonyl (C=O) groups is 1. The van der Waals surface area contributed by atoms with Crippen molar-refractivity contribution >= 4 is 23.5 Å². The standard InChI is InChI=1S/C10H9ClO2/c1-7(12)2-3-8-6-9(11)4-5-10(8)13/h2-6,13H,1H3. The van der Waals surface area contributed by atoms with Crippen molar-refractivity contribution in [3.63, 3.8) is 0 Å². The van der Waals surface area contributed by atoms with E-state index in [9.17, 15) is 9.90 Å². The summed E-state index contributed by atoms with van der Waals surface area (Å²) in [6.07, 6.45) is 2.91. The summed E-state index contributed by atoms with van der Waals surface area (Å²) in [6, 6.07) is 4.67. The Kier molecular flexibility index (Phi) is 3.09. The molecular formula is C10H9ClO2. The van der Waals surface area contributed by atoms with Crippen molar-refractivity contribution in [2.45, 2.75) is 6.92 Å². The lowest BCUT2D eigenvalue weighted by molar-refractivity contribution is -0.112. The zero-order valence-corrected chi connectivity index (χ0v) is 7.88. The molecule has 0 heterocycles. The van der Waals surface area contributed by atoms with Crippen molar-refractivity contribution in [3.8, 4) is 5.75 Å². The fourth-order valence-electron chi connectivity index (χ4n) is 0.866. The fourth-order valence-corrected chi connectivity index (χ4v) is 1.05. The summed E-state index contributed by atoms with van der Waals surface area (Å²) in [7, 11) is 0. The predicted molar refractivity (Wildman–Crippen MR) is 52.8 cm³/mol. The highest BCUT2D eigenvalue weighted by Crippen LogP contribution is 2.22. The first-order valence-corrected chi connectivity index (χ1v) is 4.14. The lowest BCUT2D eigenvalue weighted by Gasteiger charge is -1.98. The number of aromatic hydroxyl groups is 1. The Labute approximate surface area is 81.5 Å². The highest BCUT2D eigenvalue weighted by Gasteiger charge is 1.97. The van der Waals surface area contributed by atoms with Crippen LogP contribution in [0.25, 0.3) is 6.08 Å². The number of hydrogen-bond acceptors (Lipinski definition) is 2. The molecule has 68 valence electrons. The first-order valence-electron chi connectivity index (χ1n) is 3.77. The van der Waals surface area contributed by atoms with E-state index < -0.39 is 0 Å². The predicted octanol–water partition coefficient (Wildman–Crippen LogP) is 2.65. The van der Waals surface area contributed by atoms with Gasteiger partial charge in [-0.15, -0.1) is 0 Å². The van der Waals surface area contributed by atoms with Crippen molar-refractivity contribution in [3.05, 3.63) is 34.9 Å². The van der Waals surface area contributed by atoms with Gasteiger partial charge in [-0.2, -0.15) is 0 Å². The van der Waals surface area contributed by atoms with Crippen molar-refractivity contribution in [2.24, 2.45) is 0 Å². The number of halogens is 1. The number of carbonyl (C=O) groups excluding carboxylic acids is 1. The van der Waals surface area contributed by atoms with Crippen LogP contribution in [0.4, 0.5) is 0 Å². The molecule has 0 aliphatic carbocycles. The molecule has 0 unspecified atom stereocenters. The molecule has 1 aromatic rings. The molecule has 3 heteroatoms. The van der Waals surface area contributed by atoms with E-state index in [1.54, 1.807) is 12.1 Å². The monoisotopic (exact) mass is 196 g/mol. The number of hydrogen-bond donors (Lipinski definition) is 1. The van der Waals surface area contributed by atoms with Gasteiger partial charge in [0.1, 0.15) is 5.75 Å². The van der Waals surface area contributed by atoms with Gasteiger partial charge in [-0.3, -0.25) is 4.79 Å². The quantitative estimate of drug-likeness (QED) is 0.739. The van der Waals surface area contributed by atoms with E-state index in [4.69, 9.17) is 11.6 Å². The molecule has 0 aromatic heterocycles. The maximum Gasteiger partial charge on any atom is 0.152 e. The number of rotatable bonds is 2. The van der Waals surface area contributed by atoms with Gasteiger partial charge in [-0.1, -0.05) is 11.6 Å². The molecule has 0 radical (unpaired) electrons. The molecule has 1 N–H and O–H groups in total. The number of phenols is 1. The molecule has 13 heavy (non-hydrogen) atoms. The van der Waals surface area contributed by atoms with Gasteiger partial charge in [0.25, 0.3) is 0 Å². The Morgan fingerprint density at radius 2 is 2.23 bits per heavy atom. The molecule has 0 aliphatic rings. The van der Waals surface area contributed by atoms with Gasteiger partial charge >= 0.3 is 0 Å². The molecule has 2 nitrogen and oxygen atoms in total. The SMILES string of the molecule is CC(=O)C=Cc1cc(Cl)ccc1O. The van der Waals surface area contributed by atoms with E-state index in [0.29, 0.717) is 10.6 Å². The molecule has 0 fully saturated rings. The second-order valence-electron chi connectivity index (χ2n) is 2.65. The minimum Gasteiger partial charge on any atom is -0.507 e. The summed E-state index contributed by atoms with van der Waals surface area (Å²) in [5, 5.41) is 9.86. The maximum atomic E-state index is 10.6. The highest BCUT2D eigenvalue weighted by atomic mass is 35.5. The smallest absolute Gasteiger partial charge is 0.152 e. The van der Waals surface area contributed by atoms with Crippen LogP contribution < -0.4 is 0 Å². The van der Waals surface area contributed by atoms with Gasteiger partial charge < -0.3 is 5.11 Å². The molecule has 0 aliphatic heterocycles. The van der Waals surface area contributed by atoms with Gasteiger partial charge in [-0.25, -0.2) is 0 Å². The van der Waals surface area contributed by atoms with Crippen molar-refractivity contribution in [2.75, 3.05) is 0 Å². The molecule has 1 aromatic carbocycles. The van der Waals surface area contributed by atoms with Crippen LogP contribution in [-0.2, 0) is 4.79 Å². The topological polar surface area (TPSA) is 37.3 Å². The summed E-state index contributed by atoms with van der Waals surface area (Å²) in [5.41, 5.74) is 0.544. The number of phenolic OH excluding ortho intramolecular Hbond substituents is 1. The van der Waals surface area contributed by atoms with E-state index in [1.165, 1.54) is 25.1 Å². The van der Waals surface area contributed by atoms with Crippen molar-refractivity contribution in [1.29, 1.82) is 0 Å². The average Bonchev–Trinajstić information content (AvgIpc) is 2.06. The summed E-state index contributed by atoms with van der Waals surface area (Å²) in [6.45, 7) is 1.44. The molecule has 0 amide bonds. The van der Waals surface area contributed by atoms with E-state index >= 15 is 0 Å². The first-order chi connectivity index (χ1) is 6.09. The van der Waals surface area contributed by atoms with E-state index in [1.807, 2.05) is 0 Å². The maximum absolute atomic E-state index is 10.6. The third-order valence-corrected chi connectivity index (χ3v) is 1.72. The summed E-state index contributed by atoms with van der Waals surface area (Å²) < 4.78 is 0. The minimum absolute atomic E-state index is 0.0700. The Hall–Kier alpha value is -1.28. The van der Waals surface area contributed by atoms with Crippen LogP contribution in [0.1, 0.15) is 12.5 Å². The number of allylic oxidation sites excluding steroid dienone is 1. The van der Waals surface area contributed by atoms with Gasteiger partial charge in [0.15, 0.2) is 5.78 Å². The molecule has 0 atom stereocenters. The fraction of sp³-hybridized carbons (Fsp3) is 0.100. The molecule has 0 spiro atoms. The van der Waals surface area contributed by atoms with Gasteiger partial charge in [-0.05, 0) is 37.3 Å². The van der Waals surface area contributed by atoms with Crippen LogP contribution in [0, 0.1) is 0 Å². The summed E-state index contributed by atoms with van der Waals surface area (Å²) >= 11 is 5.70. The van der Waals surface area contributed by atoms with Crippen LogP contribution in [0.15, 0.2) is 24.3 Å². The summed E-state index contributed by atoms with van der Waals surface area (Å²) in [4.78, 5) is 10.6. The first kappa shape index (κ1) is 9.81. The van der Waals surface area contributed by atoms with E-state index in [2.05, 4.69) is 0 Å². The lowest BCUT2D eigenvalue weighted by atomic mass is 10.2. The third-order valence-electron chi connectivity index (χ3n) is 1.49. The number of ketones is 1. The Morgan fingerprint density at radius 3 is 2.85 bits per heavy atom. The molecular weight excluding hydrogens is 188 g/mol. The van der Waals surface area contributed by atoms with Gasteiger partial charge in [0.2, 0.25) is 0 Å². The zero-order chi connectivity index (χ0) is 9.84. The normalized spacial score (nSPS) is 10.6. The van der Waals surface area contributed by atoms with Crippen LogP contribution in [0.2, 0.25) is 5.02 Å². The molecule has 0 saturated heterocycles. The van der Waals surface area contributed by atoms with Crippen molar-refractivity contribution < 1.29 is 9.90 Å². The number of benzene rings is 1. The lowest BCUT2D eigenvalue weighted by Crippen LogP contribution is -1.80. The Bertz CT molecular complexity index is 356. The van der Waals surface area contributed by atoms with E-state index in [-0.39, 0.29) is 11.5 Å². The third kappa shape index (κ3) is 2.92. The van der Waals surface area contributed by atoms with Gasteiger partial charge in [0.05, 0.1) is 0 Å². The minimum atomic E-state index is -0.0700. The van der Waals surface area contributed by atoms with Crippen LogP contribution in [0.5, 0.6) is 5.75 Å². The van der Waals surface area contributed by atoms with Crippen LogP contribution >= 0.6 is 11.6 Å². The van der Waals surface area contributed by atoms with Gasteiger partial charge in [0, 0.05) is 10.6 Å². The van der Waals surface area contributed by atoms with Crippen LogP contribution in [0.3, 0.4) is 0 Å². The largest absolute Gasteiger partial charge is 0.507 e. The second-order valence-corrected chi connectivity index (χ2v) is 3.08. The average molecular weight is 197 g/mol. The zero-order valence-electron chi connectivity index (χ0n) is 7.12. The Balaban J connectivity index is 3.00. The highest BCUT2D eigenvalue weighted by molar-refractivity contribution is 6.30. The summed E-state index contributed by atoms with van der Waals surface area (Å²) in [5.74, 6) is 0.0428.